The van der Waals surface area contributed by atoms with E-state index >= 15 is 0 Å². The molecule has 6 heteroatoms. The normalized spacial score (nSPS) is 12.6. The highest BCUT2D eigenvalue weighted by Crippen LogP contribution is 2.36. The van der Waals surface area contributed by atoms with Gasteiger partial charge in [-0.15, -0.1) is 0 Å². The smallest absolute Gasteiger partial charge is 0.198 e. The second-order valence-electron chi connectivity index (χ2n) is 5.63. The van der Waals surface area contributed by atoms with Gasteiger partial charge in [0.15, 0.2) is 11.6 Å². The first-order chi connectivity index (χ1) is 11.7. The minimum atomic E-state index is -0.178. The summed E-state index contributed by atoms with van der Waals surface area (Å²) in [5.74, 6) is -0.343. The number of nitrogens with zero attached hydrogens (tertiary/aromatic N) is 1. The number of nitrogens with one attached hydrogen (secondary N) is 2. The molecular weight excluding hydrogens is 304 g/mol. The van der Waals surface area contributed by atoms with Crippen LogP contribution in [0.2, 0.25) is 0 Å². The number of benzene rings is 1. The number of nitrogens with two attached hydrogens (primary N) is 1. The van der Waals surface area contributed by atoms with Crippen LogP contribution in [0.3, 0.4) is 0 Å². The fourth-order valence-electron chi connectivity index (χ4n) is 2.88. The van der Waals surface area contributed by atoms with Crippen LogP contribution in [-0.4, -0.2) is 36.2 Å². The summed E-state index contributed by atoms with van der Waals surface area (Å²) in [5, 5.41) is 6.39. The van der Waals surface area contributed by atoms with Gasteiger partial charge < -0.3 is 16.4 Å². The molecule has 0 radical (unpaired) electrons. The maximum atomic E-state index is 13.0. The van der Waals surface area contributed by atoms with Gasteiger partial charge in [-0.3, -0.25) is 14.6 Å². The molecule has 6 nitrogen and oxygen atoms in total. The van der Waals surface area contributed by atoms with Gasteiger partial charge in [-0.25, -0.2) is 0 Å². The first kappa shape index (κ1) is 16.1. The van der Waals surface area contributed by atoms with Gasteiger partial charge in [0.25, 0.3) is 0 Å². The van der Waals surface area contributed by atoms with Crippen LogP contribution >= 0.6 is 0 Å². The highest BCUT2D eigenvalue weighted by atomic mass is 16.1. The lowest BCUT2D eigenvalue weighted by Crippen LogP contribution is -2.25. The molecule has 1 aliphatic carbocycles. The van der Waals surface area contributed by atoms with E-state index in [4.69, 9.17) is 5.73 Å². The summed E-state index contributed by atoms with van der Waals surface area (Å²) in [6, 6.07) is 5.25. The van der Waals surface area contributed by atoms with Gasteiger partial charge in [0, 0.05) is 49.0 Å². The Labute approximate surface area is 140 Å². The lowest BCUT2D eigenvalue weighted by Gasteiger charge is -2.23. The zero-order valence-electron chi connectivity index (χ0n) is 13.6. The average Bonchev–Trinajstić information content (AvgIpc) is 2.62. The average molecular weight is 324 g/mol. The van der Waals surface area contributed by atoms with Crippen molar-refractivity contribution >= 4 is 22.9 Å². The van der Waals surface area contributed by atoms with Crippen molar-refractivity contribution in [1.29, 1.82) is 0 Å². The van der Waals surface area contributed by atoms with Gasteiger partial charge in [-0.2, -0.15) is 0 Å². The van der Waals surface area contributed by atoms with Crippen LogP contribution < -0.4 is 16.4 Å². The molecule has 0 unspecified atom stereocenters. The second kappa shape index (κ2) is 6.80. The van der Waals surface area contributed by atoms with Gasteiger partial charge in [-0.1, -0.05) is 6.92 Å². The monoisotopic (exact) mass is 324 g/mol. The third-order valence-electron chi connectivity index (χ3n) is 4.00. The number of fused-ring (bicyclic) bond motifs is 2. The van der Waals surface area contributed by atoms with E-state index in [1.54, 1.807) is 6.07 Å². The first-order valence-electron chi connectivity index (χ1n) is 8.07. The number of hydrogen-bond acceptors (Lipinski definition) is 6. The van der Waals surface area contributed by atoms with Gasteiger partial charge >= 0.3 is 0 Å². The van der Waals surface area contributed by atoms with Crippen LogP contribution in [0.4, 0.5) is 11.4 Å². The molecule has 1 aromatic heterocycles. The minimum absolute atomic E-state index is 0.165. The lowest BCUT2D eigenvalue weighted by atomic mass is 9.83. The Kier molecular flexibility index (Phi) is 4.57. The fraction of sp³-hybridized carbons (Fsp3) is 0.278. The van der Waals surface area contributed by atoms with Crippen molar-refractivity contribution in [3.05, 3.63) is 52.8 Å². The summed E-state index contributed by atoms with van der Waals surface area (Å²) >= 11 is 0. The van der Waals surface area contributed by atoms with Crippen molar-refractivity contribution in [2.24, 2.45) is 5.73 Å². The van der Waals surface area contributed by atoms with E-state index in [-0.39, 0.29) is 11.6 Å². The molecule has 0 atom stereocenters. The Morgan fingerprint density at radius 2 is 1.58 bits per heavy atom. The largest absolute Gasteiger partial charge is 0.384 e. The molecule has 1 heterocycles. The number of pyridine rings is 1. The molecule has 3 rings (SSSR count). The summed E-state index contributed by atoms with van der Waals surface area (Å²) < 4.78 is 0. The van der Waals surface area contributed by atoms with Crippen molar-refractivity contribution in [2.75, 3.05) is 30.3 Å². The Bertz CT molecular complexity index is 736. The number of anilines is 2. The topological polar surface area (TPSA) is 97.1 Å². The Morgan fingerprint density at radius 1 is 0.958 bits per heavy atom. The number of carbonyl (C=O) groups is 2. The van der Waals surface area contributed by atoms with Gasteiger partial charge in [-0.05, 0) is 24.6 Å². The summed E-state index contributed by atoms with van der Waals surface area (Å²) in [6.45, 7) is 3.73. The van der Waals surface area contributed by atoms with Crippen molar-refractivity contribution < 1.29 is 9.59 Å². The third kappa shape index (κ3) is 2.65. The molecule has 1 aliphatic rings. The lowest BCUT2D eigenvalue weighted by molar-refractivity contribution is 0.0980. The number of rotatable bonds is 6. The summed E-state index contributed by atoms with van der Waals surface area (Å²) in [6.07, 6.45) is 3.91. The summed E-state index contributed by atoms with van der Waals surface area (Å²) in [7, 11) is 0. The molecule has 2 aromatic rings. The quantitative estimate of drug-likeness (QED) is 0.642. The van der Waals surface area contributed by atoms with Crippen LogP contribution in [-0.2, 0) is 0 Å². The molecular formula is C18H20N4O2. The molecule has 0 amide bonds. The standard InChI is InChI=1S/C18H20N4O2/c1-2-7-21-13-3-4-14(22-9-6-19)15-16(13)18(24)12-10-20-8-5-11(12)17(15)23/h3-5,8,10,21-22H,2,6-7,9,19H2,1H3. The van der Waals surface area contributed by atoms with E-state index in [0.717, 1.165) is 13.0 Å². The maximum Gasteiger partial charge on any atom is 0.198 e. The van der Waals surface area contributed by atoms with Crippen LogP contribution in [0.1, 0.15) is 45.2 Å². The van der Waals surface area contributed by atoms with E-state index < -0.39 is 0 Å². The molecule has 0 saturated heterocycles. The molecule has 0 spiro atoms. The zero-order chi connectivity index (χ0) is 17.1. The molecule has 0 bridgehead atoms. The Hall–Kier alpha value is -2.73. The summed E-state index contributed by atoms with van der Waals surface area (Å²) in [5.41, 5.74) is 8.44. The van der Waals surface area contributed by atoms with E-state index in [1.165, 1.54) is 12.4 Å². The number of ketones is 2. The van der Waals surface area contributed by atoms with Crippen molar-refractivity contribution in [2.45, 2.75) is 13.3 Å². The van der Waals surface area contributed by atoms with Crippen LogP contribution in [0.25, 0.3) is 0 Å². The molecule has 124 valence electrons. The van der Waals surface area contributed by atoms with E-state index in [1.807, 2.05) is 19.1 Å². The van der Waals surface area contributed by atoms with E-state index in [0.29, 0.717) is 46.7 Å². The van der Waals surface area contributed by atoms with Gasteiger partial charge in [0.1, 0.15) is 0 Å². The van der Waals surface area contributed by atoms with Crippen molar-refractivity contribution in [3.8, 4) is 0 Å². The SMILES string of the molecule is CCCNc1ccc(NCCN)c2c1C(=O)c1cnccc1C2=O. The Balaban J connectivity index is 2.18. The fourth-order valence-corrected chi connectivity index (χ4v) is 2.88. The highest BCUT2D eigenvalue weighted by molar-refractivity contribution is 6.31. The zero-order valence-corrected chi connectivity index (χ0v) is 13.6. The predicted molar refractivity (Wildman–Crippen MR) is 93.9 cm³/mol. The van der Waals surface area contributed by atoms with E-state index in [9.17, 15) is 9.59 Å². The highest BCUT2D eigenvalue weighted by Gasteiger charge is 2.34. The molecule has 0 saturated carbocycles. The number of aromatic nitrogens is 1. The molecule has 1 aromatic carbocycles. The molecule has 4 N–H and O–H groups in total. The first-order valence-corrected chi connectivity index (χ1v) is 8.07. The van der Waals surface area contributed by atoms with Crippen LogP contribution in [0.5, 0.6) is 0 Å². The van der Waals surface area contributed by atoms with Crippen LogP contribution in [0, 0.1) is 0 Å². The van der Waals surface area contributed by atoms with Gasteiger partial charge in [0.05, 0.1) is 16.7 Å². The van der Waals surface area contributed by atoms with Crippen LogP contribution in [0.15, 0.2) is 30.6 Å². The molecule has 0 fully saturated rings. The molecule has 24 heavy (non-hydrogen) atoms. The van der Waals surface area contributed by atoms with Crippen molar-refractivity contribution in [1.82, 2.24) is 4.98 Å². The summed E-state index contributed by atoms with van der Waals surface area (Å²) in [4.78, 5) is 30.0. The molecule has 0 aliphatic heterocycles. The third-order valence-corrected chi connectivity index (χ3v) is 4.00. The number of hydrogen-bond donors (Lipinski definition) is 3. The second-order valence-corrected chi connectivity index (χ2v) is 5.63. The number of carbonyl (C=O) groups excluding carboxylic acids is 2. The van der Waals surface area contributed by atoms with Gasteiger partial charge in [0.2, 0.25) is 0 Å². The van der Waals surface area contributed by atoms with E-state index in [2.05, 4.69) is 15.6 Å². The predicted octanol–water partition coefficient (Wildman–Crippen LogP) is 2.05. The van der Waals surface area contributed by atoms with Crippen molar-refractivity contribution in [3.63, 3.8) is 0 Å². The minimum Gasteiger partial charge on any atom is -0.384 e. The Morgan fingerprint density at radius 3 is 2.21 bits per heavy atom. The maximum absolute atomic E-state index is 13.0.